The van der Waals surface area contributed by atoms with Gasteiger partial charge in [-0.05, 0) is 60.8 Å². The molecule has 0 aromatic heterocycles. The number of carboxylic acid groups (broad SMARTS) is 1. The molecule has 2 fully saturated rings. The molecule has 3 aliphatic rings. The molecule has 0 aliphatic heterocycles. The molecule has 0 radical (unpaired) electrons. The first-order chi connectivity index (χ1) is 13.8. The van der Waals surface area contributed by atoms with Gasteiger partial charge in [0.1, 0.15) is 0 Å². The summed E-state index contributed by atoms with van der Waals surface area (Å²) in [6.45, 7) is 5.46. The normalized spacial score (nSPS) is 36.2. The maximum atomic E-state index is 12.0. The molecule has 2 bridgehead atoms. The highest BCUT2D eigenvalue weighted by Crippen LogP contribution is 2.74. The Morgan fingerprint density at radius 2 is 2.07 bits per heavy atom. The van der Waals surface area contributed by atoms with E-state index >= 15 is 0 Å². The summed E-state index contributed by atoms with van der Waals surface area (Å²) < 4.78 is 0. The first-order valence-corrected chi connectivity index (χ1v) is 10.8. The Morgan fingerprint density at radius 3 is 2.72 bits per heavy atom. The molecule has 2 saturated carbocycles. The van der Waals surface area contributed by atoms with E-state index in [0.29, 0.717) is 35.7 Å². The molecule has 1 aromatic rings. The van der Waals surface area contributed by atoms with Gasteiger partial charge in [0.25, 0.3) is 0 Å². The Labute approximate surface area is 173 Å². The number of guanidine groups is 1. The molecule has 4 rings (SSSR count). The second-order valence-corrected chi connectivity index (χ2v) is 9.51. The van der Waals surface area contributed by atoms with E-state index in [-0.39, 0.29) is 10.8 Å². The summed E-state index contributed by atoms with van der Waals surface area (Å²) in [5, 5.41) is 13.2. The Balaban J connectivity index is 1.76. The monoisotopic (exact) mass is 395 g/mol. The van der Waals surface area contributed by atoms with E-state index in [1.54, 1.807) is 7.05 Å². The van der Waals surface area contributed by atoms with Gasteiger partial charge in [0, 0.05) is 24.6 Å². The van der Waals surface area contributed by atoms with Crippen LogP contribution >= 0.6 is 0 Å². The van der Waals surface area contributed by atoms with Gasteiger partial charge in [-0.1, -0.05) is 49.8 Å². The maximum absolute atomic E-state index is 12.0. The van der Waals surface area contributed by atoms with Crippen molar-refractivity contribution < 1.29 is 9.90 Å². The smallest absolute Gasteiger partial charge is 0.331 e. The third kappa shape index (κ3) is 2.89. The number of aliphatic imine (C=N–C) groups is 1. The van der Waals surface area contributed by atoms with E-state index in [1.807, 2.05) is 0 Å². The van der Waals surface area contributed by atoms with E-state index in [1.165, 1.54) is 11.1 Å². The lowest BCUT2D eigenvalue weighted by atomic mass is 9.49. The first-order valence-electron chi connectivity index (χ1n) is 10.8. The van der Waals surface area contributed by atoms with E-state index in [9.17, 15) is 9.90 Å². The van der Waals surface area contributed by atoms with Crippen LogP contribution in [-0.2, 0) is 11.2 Å². The number of hydrogen-bond donors (Lipinski definition) is 3. The number of nitrogens with zero attached hydrogens (tertiary/aromatic N) is 1. The predicted octanol–water partition coefficient (Wildman–Crippen LogP) is 3.61. The number of rotatable bonds is 5. The van der Waals surface area contributed by atoms with Gasteiger partial charge >= 0.3 is 5.97 Å². The zero-order valence-electron chi connectivity index (χ0n) is 17.7. The van der Waals surface area contributed by atoms with Gasteiger partial charge in [-0.15, -0.1) is 0 Å². The number of hydrogen-bond acceptors (Lipinski definition) is 2. The summed E-state index contributed by atoms with van der Waals surface area (Å²) in [6, 6.07) is 10.7. The minimum atomic E-state index is -0.721. The van der Waals surface area contributed by atoms with E-state index in [0.717, 1.165) is 32.2 Å². The van der Waals surface area contributed by atoms with Crippen LogP contribution in [0.3, 0.4) is 0 Å². The molecule has 1 aromatic carbocycles. The third-order valence-corrected chi connectivity index (χ3v) is 8.48. The first kappa shape index (κ1) is 20.0. The highest BCUT2D eigenvalue weighted by atomic mass is 16.4. The topological polar surface area (TPSA) is 87.7 Å². The third-order valence-electron chi connectivity index (χ3n) is 8.48. The zero-order valence-corrected chi connectivity index (χ0v) is 17.7. The highest BCUT2D eigenvalue weighted by molar-refractivity contribution is 5.89. The summed E-state index contributed by atoms with van der Waals surface area (Å²) in [6.07, 6.45) is 4.75. The van der Waals surface area contributed by atoms with Crippen molar-refractivity contribution in [3.63, 3.8) is 0 Å². The molecule has 0 heterocycles. The molecule has 0 amide bonds. The van der Waals surface area contributed by atoms with Gasteiger partial charge in [-0.3, -0.25) is 4.99 Å². The molecule has 5 nitrogen and oxygen atoms in total. The molecular formula is C24H33N3O2. The number of allylic oxidation sites excluding steroid dienone is 1. The van der Waals surface area contributed by atoms with E-state index in [2.05, 4.69) is 54.5 Å². The van der Waals surface area contributed by atoms with Crippen LogP contribution in [0.15, 0.2) is 46.5 Å². The second kappa shape index (κ2) is 7.19. The Bertz CT molecular complexity index is 862. The van der Waals surface area contributed by atoms with Gasteiger partial charge in [-0.2, -0.15) is 0 Å². The maximum Gasteiger partial charge on any atom is 0.331 e. The van der Waals surface area contributed by atoms with Crippen LogP contribution in [0, 0.1) is 28.6 Å². The SMILES string of the molecule is CN=C(N)NC[C@]1(C)[C@H]2CC3=C(C(=O)O)CC[C@]31[C@H](C)C[C@@H]2Cc1ccccc1. The molecule has 0 saturated heterocycles. The van der Waals surface area contributed by atoms with Gasteiger partial charge < -0.3 is 16.2 Å². The van der Waals surface area contributed by atoms with Crippen molar-refractivity contribution in [3.8, 4) is 0 Å². The number of nitrogens with two attached hydrogens (primary N) is 1. The van der Waals surface area contributed by atoms with Crippen molar-refractivity contribution in [1.82, 2.24) is 5.32 Å². The molecule has 29 heavy (non-hydrogen) atoms. The average molecular weight is 396 g/mol. The van der Waals surface area contributed by atoms with Crippen molar-refractivity contribution in [3.05, 3.63) is 47.0 Å². The molecule has 4 N–H and O–H groups in total. The quantitative estimate of drug-likeness (QED) is 0.525. The summed E-state index contributed by atoms with van der Waals surface area (Å²) in [7, 11) is 1.70. The fourth-order valence-electron chi connectivity index (χ4n) is 7.24. The van der Waals surface area contributed by atoms with Crippen molar-refractivity contribution in [1.29, 1.82) is 0 Å². The largest absolute Gasteiger partial charge is 0.478 e. The fraction of sp³-hybridized carbons (Fsp3) is 0.583. The molecule has 156 valence electrons. The lowest BCUT2D eigenvalue weighted by Gasteiger charge is -2.56. The lowest BCUT2D eigenvalue weighted by Crippen LogP contribution is -2.56. The van der Waals surface area contributed by atoms with Crippen molar-refractivity contribution >= 4 is 11.9 Å². The molecule has 1 spiro atoms. The van der Waals surface area contributed by atoms with E-state index < -0.39 is 5.97 Å². The van der Waals surface area contributed by atoms with Crippen LogP contribution in [0.5, 0.6) is 0 Å². The van der Waals surface area contributed by atoms with Gasteiger partial charge in [-0.25, -0.2) is 4.79 Å². The van der Waals surface area contributed by atoms with Gasteiger partial charge in [0.05, 0.1) is 0 Å². The standard InChI is InChI=1S/C24H33N3O2/c1-15-11-17(12-16-7-5-4-6-8-16)19-13-20-18(21(28)29)9-10-24(15,20)23(19,2)14-27-22(25)26-3/h4-8,15,17,19H,9-14H2,1-3H3,(H,28,29)(H3,25,26,27)/t15-,17-,19+,23-,24+/m1/s1. The summed E-state index contributed by atoms with van der Waals surface area (Å²) in [5.41, 5.74) is 9.20. The van der Waals surface area contributed by atoms with Crippen molar-refractivity contribution in [2.45, 2.75) is 46.0 Å². The van der Waals surface area contributed by atoms with E-state index in [4.69, 9.17) is 5.73 Å². The molecule has 0 unspecified atom stereocenters. The summed E-state index contributed by atoms with van der Waals surface area (Å²) in [4.78, 5) is 16.1. The predicted molar refractivity (Wildman–Crippen MR) is 116 cm³/mol. The van der Waals surface area contributed by atoms with Crippen LogP contribution < -0.4 is 11.1 Å². The number of carboxylic acids is 1. The Morgan fingerprint density at radius 1 is 1.34 bits per heavy atom. The minimum Gasteiger partial charge on any atom is -0.478 e. The molecule has 3 aliphatic carbocycles. The minimum absolute atomic E-state index is 0.0358. The lowest BCUT2D eigenvalue weighted by molar-refractivity contribution is -0.132. The molecular weight excluding hydrogens is 362 g/mol. The highest BCUT2D eigenvalue weighted by Gasteiger charge is 2.68. The van der Waals surface area contributed by atoms with Crippen LogP contribution in [-0.4, -0.2) is 30.6 Å². The average Bonchev–Trinajstić information content (AvgIpc) is 3.17. The number of benzene rings is 1. The Hall–Kier alpha value is -2.30. The van der Waals surface area contributed by atoms with Crippen molar-refractivity contribution in [2.24, 2.45) is 39.3 Å². The van der Waals surface area contributed by atoms with Gasteiger partial charge in [0.15, 0.2) is 5.96 Å². The second-order valence-electron chi connectivity index (χ2n) is 9.51. The van der Waals surface area contributed by atoms with Crippen LogP contribution in [0.25, 0.3) is 0 Å². The Kier molecular flexibility index (Phi) is 4.96. The molecule has 5 heteroatoms. The van der Waals surface area contributed by atoms with Crippen LogP contribution in [0.4, 0.5) is 0 Å². The number of carbonyl (C=O) groups is 1. The van der Waals surface area contributed by atoms with Crippen molar-refractivity contribution in [2.75, 3.05) is 13.6 Å². The zero-order chi connectivity index (χ0) is 20.8. The number of aliphatic carboxylic acids is 1. The van der Waals surface area contributed by atoms with Gasteiger partial charge in [0.2, 0.25) is 0 Å². The summed E-state index contributed by atoms with van der Waals surface area (Å²) >= 11 is 0. The van der Waals surface area contributed by atoms with Crippen LogP contribution in [0.2, 0.25) is 0 Å². The van der Waals surface area contributed by atoms with Crippen LogP contribution in [0.1, 0.15) is 45.1 Å². The number of fused-ring (bicyclic) bond motifs is 1. The number of nitrogens with one attached hydrogen (secondary N) is 1. The molecule has 5 atom stereocenters. The summed E-state index contributed by atoms with van der Waals surface area (Å²) in [5.74, 6) is 1.18. The fourth-order valence-corrected chi connectivity index (χ4v) is 7.24.